The fourth-order valence-corrected chi connectivity index (χ4v) is 7.13. The predicted molar refractivity (Wildman–Crippen MR) is 235 cm³/mol. The van der Waals surface area contributed by atoms with Gasteiger partial charge in [0.25, 0.3) is 0 Å². The maximum Gasteiger partial charge on any atom is 0.328 e. The summed E-state index contributed by atoms with van der Waals surface area (Å²) in [6.45, 7) is 11.6. The monoisotopic (exact) mass is 888 g/mol. The van der Waals surface area contributed by atoms with Crippen molar-refractivity contribution in [3.8, 4) is 5.75 Å². The van der Waals surface area contributed by atoms with E-state index >= 15 is 0 Å². The molecule has 18 heteroatoms. The first kappa shape index (κ1) is 53.9. The summed E-state index contributed by atoms with van der Waals surface area (Å²) >= 11 is 0. The number of aliphatic hydroxyl groups is 1. The van der Waals surface area contributed by atoms with Crippen LogP contribution in [0, 0.1) is 11.8 Å². The van der Waals surface area contributed by atoms with Crippen molar-refractivity contribution < 1.29 is 53.3 Å². The van der Waals surface area contributed by atoms with Gasteiger partial charge in [-0.15, -0.1) is 0 Å². The zero-order valence-electron chi connectivity index (χ0n) is 38.1. The van der Waals surface area contributed by atoms with Crippen LogP contribution in [0.15, 0.2) is 24.3 Å². The van der Waals surface area contributed by atoms with Crippen molar-refractivity contribution in [1.82, 2.24) is 31.9 Å². The molecule has 0 aliphatic carbocycles. The first-order valence-corrected chi connectivity index (χ1v) is 22.5. The highest BCUT2D eigenvalue weighted by Gasteiger charge is 2.36. The number of hydrogen-bond acceptors (Lipinski definition) is 11. The van der Waals surface area contributed by atoms with Crippen LogP contribution in [0.2, 0.25) is 0 Å². The highest BCUT2D eigenvalue weighted by molar-refractivity contribution is 5.97. The summed E-state index contributed by atoms with van der Waals surface area (Å²) in [6.07, 6.45) is 5.70. The smallest absolute Gasteiger partial charge is 0.328 e. The predicted octanol–water partition coefficient (Wildman–Crippen LogP) is 2.06. The summed E-state index contributed by atoms with van der Waals surface area (Å²) in [5, 5.41) is 35.8. The molecule has 1 aliphatic rings. The van der Waals surface area contributed by atoms with E-state index in [0.29, 0.717) is 12.0 Å². The highest BCUT2D eigenvalue weighted by atomic mass is 16.5. The van der Waals surface area contributed by atoms with Crippen molar-refractivity contribution in [3.05, 3.63) is 29.8 Å². The zero-order chi connectivity index (χ0) is 47.2. The van der Waals surface area contributed by atoms with E-state index in [1.165, 1.54) is 45.7 Å². The number of phenolic OH excluding ortho intramolecular Hbond substituents is 1. The lowest BCUT2D eigenvalue weighted by Gasteiger charge is -2.30. The van der Waals surface area contributed by atoms with Crippen molar-refractivity contribution in [2.24, 2.45) is 17.6 Å². The Hall–Kier alpha value is -5.26. The Morgan fingerprint density at radius 3 is 1.81 bits per heavy atom. The van der Waals surface area contributed by atoms with Gasteiger partial charge < -0.3 is 52.6 Å². The number of amides is 7. The summed E-state index contributed by atoms with van der Waals surface area (Å²) in [6, 6.07) is -2.22. The second-order valence-electron chi connectivity index (χ2n) is 17.4. The number of aliphatic hydroxyl groups excluding tert-OH is 1. The summed E-state index contributed by atoms with van der Waals surface area (Å²) in [4.78, 5) is 108. The number of esters is 1. The minimum absolute atomic E-state index is 0.0389. The molecule has 0 spiro atoms. The number of nitrogens with one attached hydrogen (secondary N) is 6. The Labute approximate surface area is 371 Å². The van der Waals surface area contributed by atoms with Gasteiger partial charge in [-0.3, -0.25) is 33.6 Å². The van der Waals surface area contributed by atoms with Crippen molar-refractivity contribution >= 4 is 47.3 Å². The van der Waals surface area contributed by atoms with E-state index in [1.54, 1.807) is 12.1 Å². The van der Waals surface area contributed by atoms with E-state index in [2.05, 4.69) is 38.8 Å². The van der Waals surface area contributed by atoms with Crippen molar-refractivity contribution in [2.45, 2.75) is 187 Å². The third-order valence-electron chi connectivity index (χ3n) is 11.0. The van der Waals surface area contributed by atoms with Gasteiger partial charge in [-0.25, -0.2) is 4.79 Å². The molecule has 18 nitrogen and oxygen atoms in total. The van der Waals surface area contributed by atoms with Crippen LogP contribution < -0.4 is 37.6 Å². The summed E-state index contributed by atoms with van der Waals surface area (Å²) in [5.74, 6) is -7.08. The first-order chi connectivity index (χ1) is 29.7. The average Bonchev–Trinajstić information content (AvgIpc) is 3.21. The van der Waals surface area contributed by atoms with Gasteiger partial charge in [0.15, 0.2) is 0 Å². The molecule has 1 fully saturated rings. The molecular weight excluding hydrogens is 815 g/mol. The lowest BCUT2D eigenvalue weighted by molar-refractivity contribution is -0.158. The lowest BCUT2D eigenvalue weighted by Crippen LogP contribution is -2.60. The molecule has 1 aromatic rings. The van der Waals surface area contributed by atoms with Gasteiger partial charge in [-0.2, -0.15) is 0 Å². The molecule has 0 unspecified atom stereocenters. The third-order valence-corrected chi connectivity index (χ3v) is 11.0. The van der Waals surface area contributed by atoms with Crippen LogP contribution in [0.25, 0.3) is 0 Å². The molecule has 1 heterocycles. The van der Waals surface area contributed by atoms with Gasteiger partial charge in [0, 0.05) is 12.8 Å². The summed E-state index contributed by atoms with van der Waals surface area (Å²) in [5.41, 5.74) is 5.90. The minimum Gasteiger partial charge on any atom is -0.508 e. The fourth-order valence-electron chi connectivity index (χ4n) is 7.13. The Bertz CT molecular complexity index is 1670. The van der Waals surface area contributed by atoms with Crippen LogP contribution >= 0.6 is 0 Å². The topological polar surface area (TPSA) is 284 Å². The maximum absolute atomic E-state index is 14.2. The first-order valence-electron chi connectivity index (χ1n) is 22.5. The molecule has 10 N–H and O–H groups in total. The number of hydrogen-bond donors (Lipinski definition) is 9. The number of aromatic hydroxyl groups is 1. The molecule has 354 valence electrons. The number of benzene rings is 1. The SMILES string of the molecule is CCCCCCCCCC[C@@H](C)[C@@H]1CC(=O)N[C@H]([C@@H](C)O)C(=O)N[C@@H](C)C(=O)N[C@H](C)C(=O)N[C@@H](CCC(N)=O)C(=O)N[C@H](Cc2ccc(O)cc2)C(=O)N[C@@H](CC(C)C)C(=O)O1. The van der Waals surface area contributed by atoms with Crippen molar-refractivity contribution in [1.29, 1.82) is 0 Å². The highest BCUT2D eigenvalue weighted by Crippen LogP contribution is 2.22. The molecule has 0 aromatic heterocycles. The van der Waals surface area contributed by atoms with Crippen LogP contribution in [0.5, 0.6) is 5.75 Å². The van der Waals surface area contributed by atoms with E-state index < -0.39 is 102 Å². The molecule has 0 bridgehead atoms. The molecule has 1 saturated heterocycles. The summed E-state index contributed by atoms with van der Waals surface area (Å²) in [7, 11) is 0. The van der Waals surface area contributed by atoms with Gasteiger partial charge in [-0.1, -0.05) is 91.2 Å². The lowest BCUT2D eigenvalue weighted by atomic mass is 9.94. The number of nitrogens with two attached hydrogens (primary N) is 1. The molecule has 1 aliphatic heterocycles. The maximum atomic E-state index is 14.2. The summed E-state index contributed by atoms with van der Waals surface area (Å²) < 4.78 is 6.08. The molecule has 0 radical (unpaired) electrons. The van der Waals surface area contributed by atoms with E-state index in [1.807, 2.05) is 20.8 Å². The Kier molecular flexibility index (Phi) is 23.7. The number of unbranched alkanes of at least 4 members (excludes halogenated alkanes) is 7. The molecular formula is C45H73N7O11. The van der Waals surface area contributed by atoms with Gasteiger partial charge in [0.1, 0.15) is 48.1 Å². The van der Waals surface area contributed by atoms with Crippen LogP contribution in [0.1, 0.15) is 138 Å². The molecule has 0 saturated carbocycles. The van der Waals surface area contributed by atoms with Gasteiger partial charge in [0.2, 0.25) is 41.4 Å². The number of primary amides is 1. The second kappa shape index (κ2) is 27.7. The van der Waals surface area contributed by atoms with E-state index in [0.717, 1.165) is 38.5 Å². The average molecular weight is 888 g/mol. The van der Waals surface area contributed by atoms with Gasteiger partial charge in [-0.05, 0) is 69.6 Å². The zero-order valence-corrected chi connectivity index (χ0v) is 38.1. The van der Waals surface area contributed by atoms with E-state index in [-0.39, 0.29) is 43.3 Å². The number of carbonyl (C=O) groups is 8. The fraction of sp³-hybridized carbons (Fsp3) is 0.689. The molecule has 63 heavy (non-hydrogen) atoms. The minimum atomic E-state index is -1.52. The molecule has 7 amide bonds. The normalized spacial score (nSPS) is 24.8. The number of rotatable bonds is 18. The molecule has 9 atom stereocenters. The van der Waals surface area contributed by atoms with Gasteiger partial charge in [0.05, 0.1) is 12.5 Å². The van der Waals surface area contributed by atoms with Crippen LogP contribution in [-0.4, -0.2) is 106 Å². The molecule has 2 rings (SSSR count). The van der Waals surface area contributed by atoms with Crippen LogP contribution in [0.4, 0.5) is 0 Å². The number of phenols is 1. The number of carbonyl (C=O) groups excluding carboxylic acids is 8. The standard InChI is InChI=1S/C45H73N7O11/c1-8-9-10-11-12-13-14-15-16-27(4)36-25-38(56)52-39(30(7)53)44(61)48-28(5)40(57)47-29(6)41(58)49-33(21-22-37(46)55)42(59)50-34(24-31-17-19-32(54)20-18-31)43(60)51-35(23-26(2)3)45(62)63-36/h17-20,26-30,33-36,39,53-54H,8-16,21-25H2,1-7H3,(H2,46,55)(H,47,57)(H,48,61)(H,49,58)(H,50,59)(H,51,60)(H,52,56)/t27-,28+,29-,30-,33+,34-,35+,36+,39-/m1/s1. The number of ether oxygens (including phenoxy) is 1. The quantitative estimate of drug-likeness (QED) is 0.0760. The van der Waals surface area contributed by atoms with Gasteiger partial charge >= 0.3 is 5.97 Å². The largest absolute Gasteiger partial charge is 0.508 e. The van der Waals surface area contributed by atoms with Crippen molar-refractivity contribution in [3.63, 3.8) is 0 Å². The second-order valence-corrected chi connectivity index (χ2v) is 17.4. The Morgan fingerprint density at radius 1 is 0.714 bits per heavy atom. The number of cyclic esters (lactones) is 1. The Balaban J connectivity index is 2.60. The molecule has 1 aromatic carbocycles. The van der Waals surface area contributed by atoms with Crippen LogP contribution in [-0.2, 0) is 49.5 Å². The van der Waals surface area contributed by atoms with Crippen molar-refractivity contribution in [2.75, 3.05) is 0 Å². The van der Waals surface area contributed by atoms with Crippen LogP contribution in [0.3, 0.4) is 0 Å². The third kappa shape index (κ3) is 20.2. The van der Waals surface area contributed by atoms with E-state index in [9.17, 15) is 48.6 Å². The van der Waals surface area contributed by atoms with E-state index in [4.69, 9.17) is 10.5 Å². The Morgan fingerprint density at radius 2 is 1.24 bits per heavy atom.